The van der Waals surface area contributed by atoms with Gasteiger partial charge >= 0.3 is 5.97 Å². The number of H-pyrrole nitrogens is 1. The number of ether oxygens (including phenoxy) is 1. The van der Waals surface area contributed by atoms with Gasteiger partial charge in [0.2, 0.25) is 0 Å². The molecule has 0 bridgehead atoms. The summed E-state index contributed by atoms with van der Waals surface area (Å²) >= 11 is 0. The normalized spacial score (nSPS) is 10.4. The van der Waals surface area contributed by atoms with Gasteiger partial charge in [-0.3, -0.25) is 9.59 Å². The molecule has 6 nitrogen and oxygen atoms in total. The largest absolute Gasteiger partial charge is 0.451 e. The van der Waals surface area contributed by atoms with Crippen molar-refractivity contribution in [2.75, 3.05) is 11.9 Å². The third-order valence-corrected chi connectivity index (χ3v) is 3.71. The van der Waals surface area contributed by atoms with Crippen molar-refractivity contribution >= 4 is 34.1 Å². The SMILES string of the molecule is CC(=O)c1c[nH]c(C(=O)OCC(=O)Nc2cccc3ccccc23)c1. The van der Waals surface area contributed by atoms with E-state index in [9.17, 15) is 14.4 Å². The van der Waals surface area contributed by atoms with Gasteiger partial charge in [-0.2, -0.15) is 0 Å². The first-order chi connectivity index (χ1) is 12.0. The number of nitrogens with one attached hydrogen (secondary N) is 2. The van der Waals surface area contributed by atoms with Gasteiger partial charge in [0.1, 0.15) is 5.69 Å². The first kappa shape index (κ1) is 16.4. The van der Waals surface area contributed by atoms with Gasteiger partial charge in [-0.1, -0.05) is 36.4 Å². The van der Waals surface area contributed by atoms with E-state index in [1.54, 1.807) is 6.07 Å². The number of hydrogen-bond donors (Lipinski definition) is 2. The molecule has 1 amide bonds. The minimum atomic E-state index is -0.694. The van der Waals surface area contributed by atoms with Crippen LogP contribution in [-0.2, 0) is 9.53 Å². The van der Waals surface area contributed by atoms with Gasteiger partial charge in [0.15, 0.2) is 12.4 Å². The molecule has 126 valence electrons. The van der Waals surface area contributed by atoms with Gasteiger partial charge in [0, 0.05) is 22.8 Å². The fourth-order valence-electron chi connectivity index (χ4n) is 2.44. The Morgan fingerprint density at radius 2 is 1.84 bits per heavy atom. The number of amides is 1. The summed E-state index contributed by atoms with van der Waals surface area (Å²) in [6, 6.07) is 14.6. The van der Waals surface area contributed by atoms with Crippen molar-refractivity contribution in [3.8, 4) is 0 Å². The topological polar surface area (TPSA) is 88.3 Å². The lowest BCUT2D eigenvalue weighted by molar-refractivity contribution is -0.119. The van der Waals surface area contributed by atoms with Gasteiger partial charge in [-0.15, -0.1) is 0 Å². The number of Topliss-reactive ketones (excluding diaryl/α,β-unsaturated/α-hetero) is 1. The van der Waals surface area contributed by atoms with Gasteiger partial charge in [-0.25, -0.2) is 4.79 Å². The maximum absolute atomic E-state index is 12.1. The van der Waals surface area contributed by atoms with Gasteiger partial charge in [-0.05, 0) is 24.4 Å². The number of hydrogen-bond acceptors (Lipinski definition) is 4. The quantitative estimate of drug-likeness (QED) is 0.553. The predicted octanol–water partition coefficient (Wildman–Crippen LogP) is 3.17. The maximum Gasteiger partial charge on any atom is 0.355 e. The highest BCUT2D eigenvalue weighted by atomic mass is 16.5. The summed E-state index contributed by atoms with van der Waals surface area (Å²) < 4.78 is 4.97. The zero-order chi connectivity index (χ0) is 17.8. The third-order valence-electron chi connectivity index (χ3n) is 3.71. The number of esters is 1. The molecule has 0 saturated heterocycles. The predicted molar refractivity (Wildman–Crippen MR) is 93.7 cm³/mol. The van der Waals surface area contributed by atoms with E-state index in [-0.39, 0.29) is 11.5 Å². The second kappa shape index (κ2) is 7.00. The first-order valence-corrected chi connectivity index (χ1v) is 7.68. The summed E-state index contributed by atoms with van der Waals surface area (Å²) in [5, 5.41) is 4.64. The minimum absolute atomic E-state index is 0.128. The molecule has 3 rings (SSSR count). The highest BCUT2D eigenvalue weighted by Gasteiger charge is 2.14. The van der Waals surface area contributed by atoms with E-state index in [1.165, 1.54) is 19.2 Å². The number of benzene rings is 2. The van der Waals surface area contributed by atoms with Gasteiger partial charge < -0.3 is 15.0 Å². The van der Waals surface area contributed by atoms with Crippen LogP contribution < -0.4 is 5.32 Å². The number of carbonyl (C=O) groups excluding carboxylic acids is 3. The Balaban J connectivity index is 1.62. The lowest BCUT2D eigenvalue weighted by atomic mass is 10.1. The molecule has 1 heterocycles. The Morgan fingerprint density at radius 3 is 2.60 bits per heavy atom. The average Bonchev–Trinajstić information content (AvgIpc) is 3.10. The van der Waals surface area contributed by atoms with Crippen molar-refractivity contribution in [3.05, 3.63) is 66.0 Å². The number of carbonyl (C=O) groups is 3. The van der Waals surface area contributed by atoms with E-state index in [0.717, 1.165) is 10.8 Å². The molecule has 6 heteroatoms. The average molecular weight is 336 g/mol. The van der Waals surface area contributed by atoms with Crippen LogP contribution in [0.3, 0.4) is 0 Å². The monoisotopic (exact) mass is 336 g/mol. The molecule has 2 aromatic carbocycles. The molecule has 0 aliphatic heterocycles. The molecule has 0 saturated carbocycles. The van der Waals surface area contributed by atoms with E-state index < -0.39 is 18.5 Å². The summed E-state index contributed by atoms with van der Waals surface area (Å²) in [4.78, 5) is 37.8. The number of ketones is 1. The zero-order valence-electron chi connectivity index (χ0n) is 13.5. The molecule has 1 aromatic heterocycles. The van der Waals surface area contributed by atoms with Crippen LogP contribution in [0.15, 0.2) is 54.7 Å². The van der Waals surface area contributed by atoms with E-state index in [1.807, 2.05) is 36.4 Å². The smallest absolute Gasteiger partial charge is 0.355 e. The Labute approximate surface area is 143 Å². The van der Waals surface area contributed by atoms with Crippen molar-refractivity contribution in [1.29, 1.82) is 0 Å². The fraction of sp³-hybridized carbons (Fsp3) is 0.105. The van der Waals surface area contributed by atoms with Crippen molar-refractivity contribution in [2.24, 2.45) is 0 Å². The summed E-state index contributed by atoms with van der Waals surface area (Å²) in [7, 11) is 0. The second-order valence-electron chi connectivity index (χ2n) is 5.51. The molecule has 2 N–H and O–H groups in total. The summed E-state index contributed by atoms with van der Waals surface area (Å²) in [6.07, 6.45) is 1.43. The molecule has 25 heavy (non-hydrogen) atoms. The molecule has 0 unspecified atom stereocenters. The summed E-state index contributed by atoms with van der Waals surface area (Å²) in [5.41, 5.74) is 1.16. The van der Waals surface area contributed by atoms with Crippen molar-refractivity contribution in [2.45, 2.75) is 6.92 Å². The molecule has 3 aromatic rings. The Bertz CT molecular complexity index is 953. The van der Waals surface area contributed by atoms with Gasteiger partial charge in [0.05, 0.1) is 0 Å². The Kier molecular flexibility index (Phi) is 4.61. The lowest BCUT2D eigenvalue weighted by Gasteiger charge is -2.09. The minimum Gasteiger partial charge on any atom is -0.451 e. The van der Waals surface area contributed by atoms with Gasteiger partial charge in [0.25, 0.3) is 5.91 Å². The standard InChI is InChI=1S/C19H16N2O4/c1-12(22)14-9-17(20-10-14)19(24)25-11-18(23)21-16-8-4-6-13-5-2-3-7-15(13)16/h2-10,20H,11H2,1H3,(H,21,23). The molecule has 0 fully saturated rings. The van der Waals surface area contributed by atoms with Crippen molar-refractivity contribution < 1.29 is 19.1 Å². The third kappa shape index (κ3) is 3.74. The van der Waals surface area contributed by atoms with E-state index >= 15 is 0 Å². The van der Waals surface area contributed by atoms with Crippen LogP contribution in [0, 0.1) is 0 Å². The molecular formula is C19H16N2O4. The van der Waals surface area contributed by atoms with E-state index in [4.69, 9.17) is 4.74 Å². The van der Waals surface area contributed by atoms with Crippen LogP contribution in [0.4, 0.5) is 5.69 Å². The fourth-order valence-corrected chi connectivity index (χ4v) is 2.44. The Morgan fingerprint density at radius 1 is 1.08 bits per heavy atom. The number of aromatic amines is 1. The van der Waals surface area contributed by atoms with Crippen LogP contribution in [0.1, 0.15) is 27.8 Å². The van der Waals surface area contributed by atoms with Crippen LogP contribution in [0.25, 0.3) is 10.8 Å². The summed E-state index contributed by atoms with van der Waals surface area (Å²) in [5.74, 6) is -1.30. The number of aromatic nitrogens is 1. The molecular weight excluding hydrogens is 320 g/mol. The lowest BCUT2D eigenvalue weighted by Crippen LogP contribution is -2.21. The Hall–Kier alpha value is -3.41. The molecule has 0 aliphatic rings. The highest BCUT2D eigenvalue weighted by molar-refractivity contribution is 6.03. The molecule has 0 atom stereocenters. The summed E-state index contributed by atoms with van der Waals surface area (Å²) in [6.45, 7) is 0.979. The van der Waals surface area contributed by atoms with E-state index in [2.05, 4.69) is 10.3 Å². The molecule has 0 aliphatic carbocycles. The van der Waals surface area contributed by atoms with Crippen molar-refractivity contribution in [1.82, 2.24) is 4.98 Å². The number of rotatable bonds is 5. The number of anilines is 1. The zero-order valence-corrected chi connectivity index (χ0v) is 13.5. The van der Waals surface area contributed by atoms with E-state index in [0.29, 0.717) is 11.3 Å². The molecule has 0 spiro atoms. The van der Waals surface area contributed by atoms with Crippen LogP contribution >= 0.6 is 0 Å². The van der Waals surface area contributed by atoms with Crippen molar-refractivity contribution in [3.63, 3.8) is 0 Å². The highest BCUT2D eigenvalue weighted by Crippen LogP contribution is 2.22. The first-order valence-electron chi connectivity index (χ1n) is 7.68. The maximum atomic E-state index is 12.1. The van der Waals surface area contributed by atoms with Crippen LogP contribution in [0.2, 0.25) is 0 Å². The van der Waals surface area contributed by atoms with Crippen LogP contribution in [-0.4, -0.2) is 29.3 Å². The second-order valence-corrected chi connectivity index (χ2v) is 5.51. The molecule has 0 radical (unpaired) electrons. The number of fused-ring (bicyclic) bond motifs is 1. The van der Waals surface area contributed by atoms with Crippen LogP contribution in [0.5, 0.6) is 0 Å².